The smallest absolute Gasteiger partial charge is 0.323 e. The summed E-state index contributed by atoms with van der Waals surface area (Å²) in [6.07, 6.45) is -0.0159. The Hall–Kier alpha value is -2.45. The Morgan fingerprint density at radius 1 is 1.15 bits per heavy atom. The van der Waals surface area contributed by atoms with Gasteiger partial charge in [0, 0.05) is 19.9 Å². The quantitative estimate of drug-likeness (QED) is 0.410. The summed E-state index contributed by atoms with van der Waals surface area (Å²) in [6.45, 7) is -1.14. The standard InChI is InChI=1S/C11H17N3O6/c1-12-9(17)6-13-8(16)2-3-10(18)14(4-5-15)7-11(19)20/h5H,2-4,6-7H2,1H3,(H,12,17)(H,13,16)(H,19,20). The number of nitrogens with zero attached hydrogens (tertiary/aromatic N) is 1. The Kier molecular flexibility index (Phi) is 8.32. The van der Waals surface area contributed by atoms with E-state index < -0.39 is 24.3 Å². The molecule has 0 aliphatic rings. The summed E-state index contributed by atoms with van der Waals surface area (Å²) in [6, 6.07) is 0. The van der Waals surface area contributed by atoms with Gasteiger partial charge in [0.2, 0.25) is 17.7 Å². The maximum absolute atomic E-state index is 11.6. The predicted octanol–water partition coefficient (Wildman–Crippen LogP) is -2.26. The number of aliphatic carboxylic acids is 1. The van der Waals surface area contributed by atoms with Gasteiger partial charge in [0.25, 0.3) is 0 Å². The molecule has 0 radical (unpaired) electrons. The average Bonchev–Trinajstić information content (AvgIpc) is 2.41. The minimum absolute atomic E-state index is 0.190. The van der Waals surface area contributed by atoms with Crippen molar-refractivity contribution in [3.05, 3.63) is 0 Å². The Morgan fingerprint density at radius 2 is 1.80 bits per heavy atom. The summed E-state index contributed by atoms with van der Waals surface area (Å²) < 4.78 is 0. The minimum Gasteiger partial charge on any atom is -0.480 e. The van der Waals surface area contributed by atoms with Crippen molar-refractivity contribution in [2.24, 2.45) is 0 Å². The van der Waals surface area contributed by atoms with E-state index in [1.807, 2.05) is 0 Å². The Morgan fingerprint density at radius 3 is 2.30 bits per heavy atom. The van der Waals surface area contributed by atoms with Gasteiger partial charge in [-0.1, -0.05) is 0 Å². The molecule has 0 aromatic carbocycles. The third kappa shape index (κ3) is 7.80. The van der Waals surface area contributed by atoms with Gasteiger partial charge in [-0.25, -0.2) is 0 Å². The van der Waals surface area contributed by atoms with E-state index in [2.05, 4.69) is 10.6 Å². The largest absolute Gasteiger partial charge is 0.480 e. The van der Waals surface area contributed by atoms with E-state index in [9.17, 15) is 24.0 Å². The van der Waals surface area contributed by atoms with Crippen LogP contribution in [-0.2, 0) is 24.0 Å². The van der Waals surface area contributed by atoms with Crippen LogP contribution in [0.25, 0.3) is 0 Å². The van der Waals surface area contributed by atoms with E-state index in [4.69, 9.17) is 5.11 Å². The molecular formula is C11H17N3O6. The topological polar surface area (TPSA) is 133 Å². The molecule has 0 atom stereocenters. The fraction of sp³-hybridized carbons (Fsp3) is 0.545. The van der Waals surface area contributed by atoms with Gasteiger partial charge in [-0.3, -0.25) is 19.2 Å². The lowest BCUT2D eigenvalue weighted by Crippen LogP contribution is -2.38. The first kappa shape index (κ1) is 17.6. The molecule has 0 rings (SSSR count). The zero-order valence-electron chi connectivity index (χ0n) is 11.0. The molecule has 0 aromatic rings. The van der Waals surface area contributed by atoms with Crippen molar-refractivity contribution in [2.75, 3.05) is 26.7 Å². The van der Waals surface area contributed by atoms with Crippen LogP contribution in [0.5, 0.6) is 0 Å². The highest BCUT2D eigenvalue weighted by Crippen LogP contribution is 1.97. The van der Waals surface area contributed by atoms with Crippen LogP contribution in [0.3, 0.4) is 0 Å². The van der Waals surface area contributed by atoms with Crippen LogP contribution in [0.15, 0.2) is 0 Å². The van der Waals surface area contributed by atoms with Crippen molar-refractivity contribution in [3.8, 4) is 0 Å². The van der Waals surface area contributed by atoms with Crippen LogP contribution in [0.1, 0.15) is 12.8 Å². The highest BCUT2D eigenvalue weighted by Gasteiger charge is 2.17. The van der Waals surface area contributed by atoms with E-state index in [0.717, 1.165) is 4.90 Å². The summed E-state index contributed by atoms with van der Waals surface area (Å²) in [5.41, 5.74) is 0. The molecule has 0 fully saturated rings. The molecule has 112 valence electrons. The number of amides is 3. The second kappa shape index (κ2) is 9.48. The van der Waals surface area contributed by atoms with Gasteiger partial charge in [0.05, 0.1) is 13.1 Å². The van der Waals surface area contributed by atoms with Crippen molar-refractivity contribution in [1.29, 1.82) is 0 Å². The van der Waals surface area contributed by atoms with Crippen LogP contribution in [0.2, 0.25) is 0 Å². The summed E-state index contributed by atoms with van der Waals surface area (Å²) >= 11 is 0. The van der Waals surface area contributed by atoms with Crippen LogP contribution in [-0.4, -0.2) is 66.7 Å². The molecular weight excluding hydrogens is 270 g/mol. The maximum Gasteiger partial charge on any atom is 0.323 e. The lowest BCUT2D eigenvalue weighted by Gasteiger charge is -2.17. The Balaban J connectivity index is 4.16. The molecule has 0 heterocycles. The Bertz CT molecular complexity index is 396. The van der Waals surface area contributed by atoms with Gasteiger partial charge in [-0.05, 0) is 0 Å². The van der Waals surface area contributed by atoms with Crippen LogP contribution in [0, 0.1) is 0 Å². The number of aldehydes is 1. The highest BCUT2D eigenvalue weighted by molar-refractivity contribution is 5.88. The van der Waals surface area contributed by atoms with E-state index in [0.29, 0.717) is 6.29 Å². The fourth-order valence-corrected chi connectivity index (χ4v) is 1.24. The third-order valence-electron chi connectivity index (χ3n) is 2.26. The van der Waals surface area contributed by atoms with Crippen molar-refractivity contribution in [2.45, 2.75) is 12.8 Å². The number of carboxylic acids is 1. The molecule has 0 aliphatic carbocycles. The number of hydrogen-bond donors (Lipinski definition) is 3. The molecule has 3 N–H and O–H groups in total. The SMILES string of the molecule is CNC(=O)CNC(=O)CCC(=O)N(CC=O)CC(=O)O. The zero-order valence-corrected chi connectivity index (χ0v) is 11.0. The van der Waals surface area contributed by atoms with E-state index in [-0.39, 0.29) is 31.8 Å². The van der Waals surface area contributed by atoms with Gasteiger partial charge < -0.3 is 25.4 Å². The first-order chi connectivity index (χ1) is 9.40. The third-order valence-corrected chi connectivity index (χ3v) is 2.26. The lowest BCUT2D eigenvalue weighted by atomic mass is 10.2. The molecule has 0 spiro atoms. The molecule has 0 saturated carbocycles. The van der Waals surface area contributed by atoms with Gasteiger partial charge in [-0.15, -0.1) is 0 Å². The van der Waals surface area contributed by atoms with Gasteiger partial charge >= 0.3 is 5.97 Å². The normalized spacial score (nSPS) is 9.45. The van der Waals surface area contributed by atoms with Crippen molar-refractivity contribution in [3.63, 3.8) is 0 Å². The molecule has 9 nitrogen and oxygen atoms in total. The molecule has 0 unspecified atom stereocenters. The molecule has 0 saturated heterocycles. The summed E-state index contributed by atoms with van der Waals surface area (Å²) in [7, 11) is 1.42. The number of carboxylic acid groups (broad SMARTS) is 1. The maximum atomic E-state index is 11.6. The van der Waals surface area contributed by atoms with Crippen LogP contribution >= 0.6 is 0 Å². The summed E-state index contributed by atoms with van der Waals surface area (Å²) in [5.74, 6) is -2.75. The fourth-order valence-electron chi connectivity index (χ4n) is 1.24. The number of carbonyl (C=O) groups excluding carboxylic acids is 4. The average molecular weight is 287 g/mol. The van der Waals surface area contributed by atoms with E-state index >= 15 is 0 Å². The summed E-state index contributed by atoms with van der Waals surface area (Å²) in [5, 5.41) is 13.2. The molecule has 20 heavy (non-hydrogen) atoms. The number of likely N-dealkylation sites (N-methyl/N-ethyl adjacent to an activating group) is 1. The van der Waals surface area contributed by atoms with Crippen molar-refractivity contribution in [1.82, 2.24) is 15.5 Å². The molecule has 9 heteroatoms. The van der Waals surface area contributed by atoms with E-state index in [1.165, 1.54) is 7.05 Å². The van der Waals surface area contributed by atoms with Crippen molar-refractivity contribution >= 4 is 30.0 Å². The van der Waals surface area contributed by atoms with Gasteiger partial charge in [0.1, 0.15) is 12.8 Å². The zero-order chi connectivity index (χ0) is 15.5. The second-order valence-electron chi connectivity index (χ2n) is 3.78. The van der Waals surface area contributed by atoms with Gasteiger partial charge in [0.15, 0.2) is 0 Å². The van der Waals surface area contributed by atoms with Crippen LogP contribution in [0.4, 0.5) is 0 Å². The van der Waals surface area contributed by atoms with Crippen LogP contribution < -0.4 is 10.6 Å². The van der Waals surface area contributed by atoms with Crippen molar-refractivity contribution < 1.29 is 29.1 Å². The van der Waals surface area contributed by atoms with E-state index in [1.54, 1.807) is 0 Å². The summed E-state index contributed by atoms with van der Waals surface area (Å²) in [4.78, 5) is 55.5. The highest BCUT2D eigenvalue weighted by atomic mass is 16.4. The molecule has 0 aliphatic heterocycles. The predicted molar refractivity (Wildman–Crippen MR) is 66.6 cm³/mol. The number of nitrogens with one attached hydrogen (secondary N) is 2. The first-order valence-corrected chi connectivity index (χ1v) is 5.81. The first-order valence-electron chi connectivity index (χ1n) is 5.81. The molecule has 0 aromatic heterocycles. The second-order valence-corrected chi connectivity index (χ2v) is 3.78. The molecule has 0 bridgehead atoms. The van der Waals surface area contributed by atoms with Gasteiger partial charge in [-0.2, -0.15) is 0 Å². The monoisotopic (exact) mass is 287 g/mol. The lowest BCUT2D eigenvalue weighted by molar-refractivity contribution is -0.145. The molecule has 3 amide bonds. The Labute approximate surface area is 115 Å². The number of rotatable bonds is 9. The number of hydrogen-bond acceptors (Lipinski definition) is 5. The number of carbonyl (C=O) groups is 5. The minimum atomic E-state index is -1.25.